The van der Waals surface area contributed by atoms with Crippen molar-refractivity contribution in [2.75, 3.05) is 31.2 Å². The number of hydrogen-bond donors (Lipinski definition) is 2. The fourth-order valence-corrected chi connectivity index (χ4v) is 2.68. The van der Waals surface area contributed by atoms with Crippen molar-refractivity contribution < 1.29 is 0 Å². The average molecular weight is 247 g/mol. The zero-order chi connectivity index (χ0) is 12.1. The maximum atomic E-state index is 9.21. The molecule has 1 fully saturated rings. The van der Waals surface area contributed by atoms with Crippen LogP contribution in [0.2, 0.25) is 0 Å². The van der Waals surface area contributed by atoms with Gasteiger partial charge in [-0.15, -0.1) is 11.8 Å². The van der Waals surface area contributed by atoms with Crippen molar-refractivity contribution in [2.24, 2.45) is 5.92 Å². The highest BCUT2D eigenvalue weighted by Crippen LogP contribution is 2.26. The van der Waals surface area contributed by atoms with E-state index in [1.807, 2.05) is 24.5 Å². The van der Waals surface area contributed by atoms with Crippen LogP contribution in [0.1, 0.15) is 12.0 Å². The van der Waals surface area contributed by atoms with Crippen molar-refractivity contribution >= 4 is 17.4 Å². The van der Waals surface area contributed by atoms with Gasteiger partial charge < -0.3 is 10.6 Å². The summed E-state index contributed by atoms with van der Waals surface area (Å²) >= 11 is 1.62. The summed E-state index contributed by atoms with van der Waals surface area (Å²) in [6.45, 7) is 3.14. The third kappa shape index (κ3) is 2.93. The Morgan fingerprint density at radius 1 is 1.59 bits per heavy atom. The molecule has 0 amide bonds. The molecule has 1 aliphatic rings. The summed E-state index contributed by atoms with van der Waals surface area (Å²) < 4.78 is 0. The lowest BCUT2D eigenvalue weighted by molar-refractivity contribution is 0.615. The molecule has 2 N–H and O–H groups in total. The van der Waals surface area contributed by atoms with Crippen LogP contribution in [-0.4, -0.2) is 25.9 Å². The Morgan fingerprint density at radius 3 is 3.12 bits per heavy atom. The number of thioether (sulfide) groups is 1. The number of rotatable bonds is 4. The second-order valence-corrected chi connectivity index (χ2v) is 5.08. The number of nitrogens with one attached hydrogen (secondary N) is 2. The Bertz CT molecular complexity index is 419. The van der Waals surface area contributed by atoms with E-state index in [0.717, 1.165) is 35.8 Å². The van der Waals surface area contributed by atoms with Gasteiger partial charge in [-0.2, -0.15) is 5.26 Å². The van der Waals surface area contributed by atoms with Crippen LogP contribution in [0.3, 0.4) is 0 Å². The molecule has 90 valence electrons. The molecule has 0 spiro atoms. The fourth-order valence-electron chi connectivity index (χ4n) is 2.11. The molecule has 1 saturated heterocycles. The smallest absolute Gasteiger partial charge is 0.102 e. The first-order chi connectivity index (χ1) is 8.35. The molecule has 0 saturated carbocycles. The third-order valence-corrected chi connectivity index (χ3v) is 3.88. The van der Waals surface area contributed by atoms with Crippen molar-refractivity contribution in [3.8, 4) is 6.07 Å². The first-order valence-electron chi connectivity index (χ1n) is 5.87. The Balaban J connectivity index is 2.07. The maximum Gasteiger partial charge on any atom is 0.102 e. The second-order valence-electron chi connectivity index (χ2n) is 4.23. The molecule has 1 unspecified atom stereocenters. The van der Waals surface area contributed by atoms with Crippen LogP contribution in [0.15, 0.2) is 23.1 Å². The van der Waals surface area contributed by atoms with Crippen molar-refractivity contribution in [1.82, 2.24) is 5.32 Å². The number of hydrogen-bond acceptors (Lipinski definition) is 4. The van der Waals surface area contributed by atoms with Gasteiger partial charge in [0.05, 0.1) is 11.3 Å². The minimum Gasteiger partial charge on any atom is -0.384 e. The predicted octanol–water partition coefficient (Wildman–Crippen LogP) is 2.30. The van der Waals surface area contributed by atoms with Crippen LogP contribution in [0, 0.1) is 17.2 Å². The van der Waals surface area contributed by atoms with Gasteiger partial charge in [-0.1, -0.05) is 6.07 Å². The highest BCUT2D eigenvalue weighted by molar-refractivity contribution is 7.98. The van der Waals surface area contributed by atoms with Crippen molar-refractivity contribution in [2.45, 2.75) is 11.3 Å². The molecular formula is C13H17N3S. The Labute approximate surface area is 107 Å². The molecular weight excluding hydrogens is 230 g/mol. The molecule has 1 heterocycles. The minimum atomic E-state index is 0.680. The van der Waals surface area contributed by atoms with E-state index in [9.17, 15) is 5.26 Å². The summed E-state index contributed by atoms with van der Waals surface area (Å²) in [4.78, 5) is 1.04. The Hall–Kier alpha value is -1.18. The van der Waals surface area contributed by atoms with Gasteiger partial charge in [0.15, 0.2) is 0 Å². The van der Waals surface area contributed by atoms with Crippen LogP contribution < -0.4 is 10.6 Å². The normalized spacial score (nSPS) is 18.9. The van der Waals surface area contributed by atoms with E-state index in [4.69, 9.17) is 0 Å². The molecule has 0 aliphatic carbocycles. The molecule has 3 nitrogen and oxygen atoms in total. The highest BCUT2D eigenvalue weighted by atomic mass is 32.2. The quantitative estimate of drug-likeness (QED) is 0.802. The molecule has 0 bridgehead atoms. The van der Waals surface area contributed by atoms with E-state index >= 15 is 0 Å². The number of nitrogens with zero attached hydrogens (tertiary/aromatic N) is 1. The summed E-state index contributed by atoms with van der Waals surface area (Å²) in [5.41, 5.74) is 1.73. The van der Waals surface area contributed by atoms with Gasteiger partial charge in [-0.25, -0.2) is 0 Å². The van der Waals surface area contributed by atoms with Crippen LogP contribution in [0.4, 0.5) is 5.69 Å². The summed E-state index contributed by atoms with van der Waals surface area (Å²) in [5.74, 6) is 0.680. The molecule has 2 rings (SSSR count). The van der Waals surface area contributed by atoms with E-state index in [0.29, 0.717) is 5.92 Å². The van der Waals surface area contributed by atoms with Crippen LogP contribution in [0.5, 0.6) is 0 Å². The van der Waals surface area contributed by atoms with Crippen molar-refractivity contribution in [3.63, 3.8) is 0 Å². The first-order valence-corrected chi connectivity index (χ1v) is 7.09. The van der Waals surface area contributed by atoms with Gasteiger partial charge >= 0.3 is 0 Å². The summed E-state index contributed by atoms with van der Waals surface area (Å²) in [6.07, 6.45) is 3.22. The molecule has 17 heavy (non-hydrogen) atoms. The summed E-state index contributed by atoms with van der Waals surface area (Å²) in [6, 6.07) is 8.27. The summed E-state index contributed by atoms with van der Waals surface area (Å²) in [5, 5.41) is 16.0. The zero-order valence-electron chi connectivity index (χ0n) is 9.99. The third-order valence-electron chi connectivity index (χ3n) is 3.10. The largest absolute Gasteiger partial charge is 0.384 e. The number of anilines is 1. The van der Waals surface area contributed by atoms with Gasteiger partial charge in [0.1, 0.15) is 6.07 Å². The molecule has 1 aromatic rings. The molecule has 1 atom stereocenters. The van der Waals surface area contributed by atoms with Crippen LogP contribution >= 0.6 is 11.8 Å². The monoisotopic (exact) mass is 247 g/mol. The molecule has 4 heteroatoms. The Morgan fingerprint density at radius 2 is 2.47 bits per heavy atom. The fraction of sp³-hybridized carbons (Fsp3) is 0.462. The van der Waals surface area contributed by atoms with Crippen molar-refractivity contribution in [1.29, 1.82) is 5.26 Å². The SMILES string of the molecule is CSc1cccc(NCC2CCNC2)c1C#N. The van der Waals surface area contributed by atoms with Gasteiger partial charge in [-0.05, 0) is 43.8 Å². The Kier molecular flexibility index (Phi) is 4.29. The average Bonchev–Trinajstić information content (AvgIpc) is 2.88. The van der Waals surface area contributed by atoms with Crippen LogP contribution in [0.25, 0.3) is 0 Å². The van der Waals surface area contributed by atoms with Crippen molar-refractivity contribution in [3.05, 3.63) is 23.8 Å². The molecule has 0 aromatic heterocycles. The van der Waals surface area contributed by atoms with Crippen LogP contribution in [-0.2, 0) is 0 Å². The maximum absolute atomic E-state index is 9.21. The van der Waals surface area contributed by atoms with E-state index in [1.54, 1.807) is 11.8 Å². The standard InChI is InChI=1S/C13H17N3S/c1-17-13-4-2-3-12(11(13)7-14)16-9-10-5-6-15-8-10/h2-4,10,15-16H,5-6,8-9H2,1H3. The first kappa shape index (κ1) is 12.3. The van der Waals surface area contributed by atoms with E-state index in [1.165, 1.54) is 6.42 Å². The second kappa shape index (κ2) is 5.95. The van der Waals surface area contributed by atoms with E-state index in [2.05, 4.69) is 16.7 Å². The van der Waals surface area contributed by atoms with E-state index in [-0.39, 0.29) is 0 Å². The van der Waals surface area contributed by atoms with E-state index < -0.39 is 0 Å². The molecule has 1 aliphatic heterocycles. The highest BCUT2D eigenvalue weighted by Gasteiger charge is 2.15. The van der Waals surface area contributed by atoms with Gasteiger partial charge in [0, 0.05) is 11.4 Å². The summed E-state index contributed by atoms with van der Waals surface area (Å²) in [7, 11) is 0. The van der Waals surface area contributed by atoms with Gasteiger partial charge in [0.2, 0.25) is 0 Å². The molecule has 0 radical (unpaired) electrons. The lowest BCUT2D eigenvalue weighted by Gasteiger charge is -2.13. The lowest BCUT2D eigenvalue weighted by atomic mass is 10.1. The van der Waals surface area contributed by atoms with Gasteiger partial charge in [-0.3, -0.25) is 0 Å². The van der Waals surface area contributed by atoms with Gasteiger partial charge in [0.25, 0.3) is 0 Å². The minimum absolute atomic E-state index is 0.680. The number of benzene rings is 1. The number of nitriles is 1. The zero-order valence-corrected chi connectivity index (χ0v) is 10.8. The molecule has 1 aromatic carbocycles. The predicted molar refractivity (Wildman–Crippen MR) is 72.4 cm³/mol. The topological polar surface area (TPSA) is 47.8 Å². The lowest BCUT2D eigenvalue weighted by Crippen LogP contribution is -2.17.